The second-order valence-corrected chi connectivity index (χ2v) is 15.2. The molecule has 40 heavy (non-hydrogen) atoms. The van der Waals surface area contributed by atoms with Crippen LogP contribution in [0.25, 0.3) is 0 Å². The molecule has 0 amide bonds. The summed E-state index contributed by atoms with van der Waals surface area (Å²) in [4.78, 5) is 32.2. The van der Waals surface area contributed by atoms with Crippen LogP contribution in [0, 0.1) is 6.92 Å². The third-order valence-electron chi connectivity index (χ3n) is 7.25. The molecule has 4 atom stereocenters. The van der Waals surface area contributed by atoms with E-state index in [0.717, 1.165) is 10.4 Å². The smallest absolute Gasteiger partial charge is 0.330 e. The fourth-order valence-corrected chi connectivity index (χ4v) is 9.90. The average Bonchev–Trinajstić information content (AvgIpc) is 3.24. The number of H-pyrrole nitrogens is 1. The van der Waals surface area contributed by atoms with Crippen molar-refractivity contribution in [2.75, 3.05) is 26.9 Å². The van der Waals surface area contributed by atoms with Gasteiger partial charge in [0.15, 0.2) is 6.23 Å². The minimum atomic E-state index is -2.91. The molecule has 4 rings (SSSR count). The summed E-state index contributed by atoms with van der Waals surface area (Å²) in [7, 11) is -1.27. The molecule has 0 saturated carbocycles. The van der Waals surface area contributed by atoms with Crippen molar-refractivity contribution in [3.63, 3.8) is 0 Å². The SMILES string of the molecule is CNOCCO[C@@H]1[C@H](O)[C@@H](CO[Si](c2ccccc2)(c2ccccc2)C(C)(C)C)O[C@H]1n1cc(C)c(=O)[nH]c1=O. The summed E-state index contributed by atoms with van der Waals surface area (Å²) in [5.74, 6) is 0. The van der Waals surface area contributed by atoms with Gasteiger partial charge in [-0.05, 0) is 22.3 Å². The summed E-state index contributed by atoms with van der Waals surface area (Å²) >= 11 is 0. The highest BCUT2D eigenvalue weighted by Crippen LogP contribution is 2.38. The van der Waals surface area contributed by atoms with E-state index in [0.29, 0.717) is 5.56 Å². The average molecular weight is 570 g/mol. The van der Waals surface area contributed by atoms with Gasteiger partial charge < -0.3 is 19.0 Å². The third kappa shape index (κ3) is 6.05. The lowest BCUT2D eigenvalue weighted by atomic mass is 10.1. The van der Waals surface area contributed by atoms with Crippen LogP contribution in [0.4, 0.5) is 0 Å². The molecular formula is C29H39N3O7Si. The molecule has 2 heterocycles. The predicted molar refractivity (Wildman–Crippen MR) is 154 cm³/mol. The van der Waals surface area contributed by atoms with Gasteiger partial charge >= 0.3 is 5.69 Å². The molecule has 0 unspecified atom stereocenters. The summed E-state index contributed by atoms with van der Waals surface area (Å²) in [5.41, 5.74) is 1.78. The molecule has 1 saturated heterocycles. The first-order chi connectivity index (χ1) is 19.1. The first-order valence-electron chi connectivity index (χ1n) is 13.4. The molecule has 10 nitrogen and oxygen atoms in total. The first-order valence-corrected chi connectivity index (χ1v) is 15.3. The molecule has 2 aromatic carbocycles. The normalized spacial score (nSPS) is 21.6. The molecule has 1 aliphatic heterocycles. The zero-order chi connectivity index (χ0) is 28.9. The maximum atomic E-state index is 12.8. The number of hydrogen-bond acceptors (Lipinski definition) is 8. The van der Waals surface area contributed by atoms with E-state index in [1.807, 2.05) is 36.4 Å². The summed E-state index contributed by atoms with van der Waals surface area (Å²) in [6.07, 6.45) is -2.39. The Bertz CT molecular complexity index is 1320. The fraction of sp³-hybridized carbons (Fsp3) is 0.448. The number of aromatic amines is 1. The lowest BCUT2D eigenvalue weighted by Gasteiger charge is -2.43. The molecule has 216 valence electrons. The zero-order valence-electron chi connectivity index (χ0n) is 23.6. The highest BCUT2D eigenvalue weighted by atomic mass is 28.4. The molecule has 0 radical (unpaired) electrons. The maximum Gasteiger partial charge on any atom is 0.330 e. The third-order valence-corrected chi connectivity index (χ3v) is 12.3. The van der Waals surface area contributed by atoms with E-state index in [1.54, 1.807) is 14.0 Å². The van der Waals surface area contributed by atoms with E-state index in [9.17, 15) is 14.7 Å². The number of aliphatic hydroxyl groups is 1. The van der Waals surface area contributed by atoms with Crippen molar-refractivity contribution in [2.24, 2.45) is 0 Å². The summed E-state index contributed by atoms with van der Waals surface area (Å²) in [6, 6.07) is 20.4. The van der Waals surface area contributed by atoms with Crippen LogP contribution < -0.4 is 27.1 Å². The van der Waals surface area contributed by atoms with Crippen LogP contribution in [0.15, 0.2) is 76.4 Å². The van der Waals surface area contributed by atoms with Crippen LogP contribution in [-0.2, 0) is 18.7 Å². The largest absolute Gasteiger partial charge is 0.405 e. The first kappa shape index (κ1) is 30.1. The van der Waals surface area contributed by atoms with Gasteiger partial charge in [-0.15, -0.1) is 0 Å². The number of aryl methyl sites for hydroxylation is 1. The Balaban J connectivity index is 1.69. The Kier molecular flexibility index (Phi) is 9.57. The summed E-state index contributed by atoms with van der Waals surface area (Å²) in [6.45, 7) is 8.53. The van der Waals surface area contributed by atoms with Gasteiger partial charge in [-0.25, -0.2) is 10.3 Å². The Hall–Kier alpha value is -2.90. The molecule has 11 heteroatoms. The van der Waals surface area contributed by atoms with Gasteiger partial charge in [-0.1, -0.05) is 81.4 Å². The second-order valence-electron chi connectivity index (χ2n) is 10.9. The molecule has 3 N–H and O–H groups in total. The van der Waals surface area contributed by atoms with Crippen molar-refractivity contribution < 1.29 is 23.8 Å². The second kappa shape index (κ2) is 12.7. The number of hydrogen-bond donors (Lipinski definition) is 3. The van der Waals surface area contributed by atoms with Crippen LogP contribution in [0.1, 0.15) is 32.6 Å². The van der Waals surface area contributed by atoms with Crippen molar-refractivity contribution in [2.45, 2.75) is 57.3 Å². The number of nitrogens with one attached hydrogen (secondary N) is 2. The predicted octanol–water partition coefficient (Wildman–Crippen LogP) is 1.22. The molecule has 0 spiro atoms. The van der Waals surface area contributed by atoms with Gasteiger partial charge in [0, 0.05) is 18.8 Å². The molecule has 1 fully saturated rings. The highest BCUT2D eigenvalue weighted by Gasteiger charge is 2.52. The van der Waals surface area contributed by atoms with Gasteiger partial charge in [-0.2, -0.15) is 0 Å². The maximum absolute atomic E-state index is 12.8. The van der Waals surface area contributed by atoms with Crippen LogP contribution in [-0.4, -0.2) is 68.2 Å². The number of nitrogens with zero attached hydrogens (tertiary/aromatic N) is 1. The lowest BCUT2D eigenvalue weighted by molar-refractivity contribution is -0.0904. The van der Waals surface area contributed by atoms with E-state index in [-0.39, 0.29) is 24.9 Å². The number of hydroxylamine groups is 1. The van der Waals surface area contributed by atoms with Crippen molar-refractivity contribution in [3.05, 3.63) is 93.3 Å². The lowest BCUT2D eigenvalue weighted by Crippen LogP contribution is -2.67. The summed E-state index contributed by atoms with van der Waals surface area (Å²) < 4.78 is 20.5. The molecule has 0 aliphatic carbocycles. The van der Waals surface area contributed by atoms with E-state index in [4.69, 9.17) is 18.7 Å². The molecule has 1 aliphatic rings. The van der Waals surface area contributed by atoms with E-state index >= 15 is 0 Å². The van der Waals surface area contributed by atoms with Crippen LogP contribution in [0.5, 0.6) is 0 Å². The fourth-order valence-electron chi connectivity index (χ4n) is 5.33. The van der Waals surface area contributed by atoms with Crippen molar-refractivity contribution in [1.29, 1.82) is 0 Å². The van der Waals surface area contributed by atoms with Gasteiger partial charge in [-0.3, -0.25) is 19.2 Å². The van der Waals surface area contributed by atoms with Crippen molar-refractivity contribution in [1.82, 2.24) is 15.0 Å². The number of benzene rings is 2. The van der Waals surface area contributed by atoms with E-state index in [1.165, 1.54) is 10.8 Å². The number of aliphatic hydroxyl groups excluding tert-OH is 1. The summed E-state index contributed by atoms with van der Waals surface area (Å²) in [5, 5.41) is 13.4. The molecule has 1 aromatic heterocycles. The van der Waals surface area contributed by atoms with Gasteiger partial charge in [0.25, 0.3) is 13.9 Å². The van der Waals surface area contributed by atoms with Crippen molar-refractivity contribution in [3.8, 4) is 0 Å². The monoisotopic (exact) mass is 569 g/mol. The van der Waals surface area contributed by atoms with Crippen molar-refractivity contribution >= 4 is 18.7 Å². The Morgan fingerprint density at radius 1 is 1.02 bits per heavy atom. The minimum absolute atomic E-state index is 0.0644. The Labute approximate surface area is 235 Å². The van der Waals surface area contributed by atoms with Gasteiger partial charge in [0.05, 0.1) is 19.8 Å². The molecule has 0 bridgehead atoms. The van der Waals surface area contributed by atoms with Gasteiger partial charge in [0.1, 0.15) is 18.3 Å². The number of ether oxygens (including phenoxy) is 2. The van der Waals surface area contributed by atoms with Crippen LogP contribution >= 0.6 is 0 Å². The molecular weight excluding hydrogens is 530 g/mol. The minimum Gasteiger partial charge on any atom is -0.405 e. The number of aromatic nitrogens is 2. The molecule has 3 aromatic rings. The van der Waals surface area contributed by atoms with Crippen LogP contribution in [0.2, 0.25) is 5.04 Å². The van der Waals surface area contributed by atoms with Gasteiger partial charge in [0.2, 0.25) is 0 Å². The standard InChI is InChI=1S/C29H39N3O7Si/c1-20-18-32(28(35)31-26(20)34)27-25(36-16-17-37-30-5)24(33)23(39-27)19-38-40(29(2,3)4,21-12-8-6-9-13-21)22-14-10-7-11-15-22/h6-15,18,23-25,27,30,33H,16-17,19H2,1-5H3,(H,31,34,35)/t23-,24-,25-,27-/m1/s1. The topological polar surface area (TPSA) is 124 Å². The zero-order valence-corrected chi connectivity index (χ0v) is 24.6. The number of rotatable bonds is 11. The highest BCUT2D eigenvalue weighted by molar-refractivity contribution is 6.99. The van der Waals surface area contributed by atoms with E-state index in [2.05, 4.69) is 55.5 Å². The Morgan fingerprint density at radius 3 is 2.17 bits per heavy atom. The Morgan fingerprint density at radius 2 is 1.62 bits per heavy atom. The van der Waals surface area contributed by atoms with E-state index < -0.39 is 44.1 Å². The quantitative estimate of drug-likeness (QED) is 0.179. The van der Waals surface area contributed by atoms with Crippen LogP contribution in [0.3, 0.4) is 0 Å².